The van der Waals surface area contributed by atoms with Gasteiger partial charge in [-0.15, -0.1) is 0 Å². The molecule has 0 radical (unpaired) electrons. The Balaban J connectivity index is 1.44. The van der Waals surface area contributed by atoms with Crippen LogP contribution in [0.5, 0.6) is 5.75 Å². The highest BCUT2D eigenvalue weighted by Crippen LogP contribution is 2.27. The summed E-state index contributed by atoms with van der Waals surface area (Å²) >= 11 is 0. The van der Waals surface area contributed by atoms with E-state index < -0.39 is 0 Å². The van der Waals surface area contributed by atoms with Gasteiger partial charge in [-0.25, -0.2) is 0 Å². The predicted molar refractivity (Wildman–Crippen MR) is 119 cm³/mol. The van der Waals surface area contributed by atoms with Crippen LogP contribution in [0.1, 0.15) is 45.7 Å². The minimum Gasteiger partial charge on any atom is -0.508 e. The third-order valence-electron chi connectivity index (χ3n) is 6.30. The van der Waals surface area contributed by atoms with Crippen molar-refractivity contribution in [1.29, 1.82) is 0 Å². The number of hydrogen-bond donors (Lipinski definition) is 1. The predicted octanol–water partition coefficient (Wildman–Crippen LogP) is 3.43. The van der Waals surface area contributed by atoms with E-state index in [0.717, 1.165) is 56.6 Å². The zero-order chi connectivity index (χ0) is 21.2. The quantitative estimate of drug-likeness (QED) is 0.692. The third-order valence-corrected chi connectivity index (χ3v) is 6.30. The highest BCUT2D eigenvalue weighted by molar-refractivity contribution is 5.94. The van der Waals surface area contributed by atoms with Crippen molar-refractivity contribution in [1.82, 2.24) is 19.6 Å². The summed E-state index contributed by atoms with van der Waals surface area (Å²) in [5.74, 6) is 0.357. The minimum absolute atomic E-state index is 0.0692. The molecular formula is C25H28N4O2. The zero-order valence-corrected chi connectivity index (χ0v) is 17.7. The van der Waals surface area contributed by atoms with Gasteiger partial charge in [-0.05, 0) is 36.1 Å². The van der Waals surface area contributed by atoms with E-state index in [0.29, 0.717) is 18.8 Å². The van der Waals surface area contributed by atoms with Crippen molar-refractivity contribution in [2.45, 2.75) is 38.9 Å². The summed E-state index contributed by atoms with van der Waals surface area (Å²) in [6, 6.07) is 17.7. The summed E-state index contributed by atoms with van der Waals surface area (Å²) in [4.78, 5) is 17.6. The largest absolute Gasteiger partial charge is 0.508 e. The summed E-state index contributed by atoms with van der Waals surface area (Å²) in [6.45, 7) is 4.69. The summed E-state index contributed by atoms with van der Waals surface area (Å²) < 4.78 is 2.04. The fourth-order valence-electron chi connectivity index (χ4n) is 4.72. The van der Waals surface area contributed by atoms with Gasteiger partial charge in [0.25, 0.3) is 5.91 Å². The number of carbonyl (C=O) groups is 1. The number of phenolic OH excluding ortho intramolecular Hbond substituents is 1. The molecule has 0 bridgehead atoms. The second-order valence-corrected chi connectivity index (χ2v) is 8.55. The van der Waals surface area contributed by atoms with E-state index in [4.69, 9.17) is 5.10 Å². The fourth-order valence-corrected chi connectivity index (χ4v) is 4.72. The van der Waals surface area contributed by atoms with Gasteiger partial charge in [0.1, 0.15) is 5.75 Å². The van der Waals surface area contributed by atoms with Crippen molar-refractivity contribution in [2.24, 2.45) is 0 Å². The van der Waals surface area contributed by atoms with Crippen LogP contribution in [0, 0.1) is 0 Å². The summed E-state index contributed by atoms with van der Waals surface area (Å²) in [7, 11) is 0. The number of rotatable bonds is 5. The molecule has 2 aliphatic rings. The fraction of sp³-hybridized carbons (Fsp3) is 0.360. The lowest BCUT2D eigenvalue weighted by Crippen LogP contribution is -2.33. The molecule has 0 aliphatic carbocycles. The highest BCUT2D eigenvalue weighted by Gasteiger charge is 2.31. The van der Waals surface area contributed by atoms with Gasteiger partial charge in [0.15, 0.2) is 5.69 Å². The Labute approximate surface area is 182 Å². The molecule has 0 spiro atoms. The smallest absolute Gasteiger partial charge is 0.274 e. The molecule has 0 atom stereocenters. The molecule has 3 aromatic rings. The molecule has 6 nitrogen and oxygen atoms in total. The first-order valence-corrected chi connectivity index (χ1v) is 11.1. The molecule has 2 aromatic carbocycles. The molecule has 2 aliphatic heterocycles. The van der Waals surface area contributed by atoms with E-state index in [1.165, 1.54) is 11.3 Å². The maximum atomic E-state index is 13.3. The van der Waals surface area contributed by atoms with E-state index in [1.807, 2.05) is 46.0 Å². The van der Waals surface area contributed by atoms with Gasteiger partial charge in [0.2, 0.25) is 0 Å². The monoisotopic (exact) mass is 416 g/mol. The van der Waals surface area contributed by atoms with E-state index >= 15 is 0 Å². The van der Waals surface area contributed by atoms with Crippen LogP contribution in [0.25, 0.3) is 0 Å². The molecule has 1 N–H and O–H groups in total. The van der Waals surface area contributed by atoms with Crippen molar-refractivity contribution in [3.05, 3.63) is 82.7 Å². The summed E-state index contributed by atoms with van der Waals surface area (Å²) in [5, 5.41) is 14.6. The molecular weight excluding hydrogens is 388 g/mol. The van der Waals surface area contributed by atoms with Crippen LogP contribution in [0.2, 0.25) is 0 Å². The lowest BCUT2D eigenvalue weighted by atomic mass is 10.0. The Kier molecular flexibility index (Phi) is 5.47. The molecule has 5 rings (SSSR count). The summed E-state index contributed by atoms with van der Waals surface area (Å²) in [5.41, 5.74) is 5.13. The van der Waals surface area contributed by atoms with Gasteiger partial charge in [0, 0.05) is 50.4 Å². The zero-order valence-electron chi connectivity index (χ0n) is 17.7. The van der Waals surface area contributed by atoms with Crippen LogP contribution in [0.3, 0.4) is 0 Å². The molecule has 1 aromatic heterocycles. The standard InChI is InChI=1S/C25H28N4O2/c30-21-10-6-9-20(15-21)16-27-14-11-23-22(18-27)24(25(31)28-12-4-5-13-28)26-29(23)17-19-7-2-1-3-8-19/h1-3,6-10,15,30H,4-5,11-14,16-18H2. The molecule has 0 saturated carbocycles. The van der Waals surface area contributed by atoms with Gasteiger partial charge in [-0.1, -0.05) is 42.5 Å². The van der Waals surface area contributed by atoms with Crippen molar-refractivity contribution < 1.29 is 9.90 Å². The first kappa shape index (κ1) is 19.8. The second-order valence-electron chi connectivity index (χ2n) is 8.55. The highest BCUT2D eigenvalue weighted by atomic mass is 16.3. The van der Waals surface area contributed by atoms with Crippen LogP contribution in [-0.4, -0.2) is 50.2 Å². The van der Waals surface area contributed by atoms with Gasteiger partial charge < -0.3 is 10.0 Å². The molecule has 1 saturated heterocycles. The summed E-state index contributed by atoms with van der Waals surface area (Å²) in [6.07, 6.45) is 3.01. The van der Waals surface area contributed by atoms with Crippen molar-refractivity contribution in [3.63, 3.8) is 0 Å². The van der Waals surface area contributed by atoms with Crippen molar-refractivity contribution >= 4 is 5.91 Å². The van der Waals surface area contributed by atoms with Gasteiger partial charge in [-0.2, -0.15) is 5.10 Å². The molecule has 0 unspecified atom stereocenters. The number of aromatic nitrogens is 2. The Bertz CT molecular complexity index is 1070. The lowest BCUT2D eigenvalue weighted by molar-refractivity contribution is 0.0783. The van der Waals surface area contributed by atoms with Crippen LogP contribution < -0.4 is 0 Å². The number of aromatic hydroxyl groups is 1. The Hall–Kier alpha value is -3.12. The van der Waals surface area contributed by atoms with Crippen LogP contribution >= 0.6 is 0 Å². The Morgan fingerprint density at radius 3 is 2.48 bits per heavy atom. The number of fused-ring (bicyclic) bond motifs is 1. The van der Waals surface area contributed by atoms with Crippen LogP contribution in [0.15, 0.2) is 54.6 Å². The van der Waals surface area contributed by atoms with Gasteiger partial charge in [0.05, 0.1) is 6.54 Å². The number of likely N-dealkylation sites (tertiary alicyclic amines) is 1. The molecule has 3 heterocycles. The minimum atomic E-state index is 0.0692. The van der Waals surface area contributed by atoms with Crippen molar-refractivity contribution in [2.75, 3.05) is 19.6 Å². The average Bonchev–Trinajstić information content (AvgIpc) is 3.43. The number of benzene rings is 2. The normalized spacial score (nSPS) is 16.5. The topological polar surface area (TPSA) is 61.6 Å². The lowest BCUT2D eigenvalue weighted by Gasteiger charge is -2.28. The number of carbonyl (C=O) groups excluding carboxylic acids is 1. The number of phenols is 1. The molecule has 160 valence electrons. The number of nitrogens with zero attached hydrogens (tertiary/aromatic N) is 4. The Morgan fingerprint density at radius 1 is 0.935 bits per heavy atom. The van der Waals surface area contributed by atoms with Gasteiger partial charge >= 0.3 is 0 Å². The molecule has 1 amide bonds. The van der Waals surface area contributed by atoms with Crippen LogP contribution in [0.4, 0.5) is 0 Å². The number of hydrogen-bond acceptors (Lipinski definition) is 4. The molecule has 6 heteroatoms. The van der Waals surface area contributed by atoms with Crippen molar-refractivity contribution in [3.8, 4) is 5.75 Å². The second kappa shape index (κ2) is 8.55. The first-order valence-electron chi connectivity index (χ1n) is 11.1. The van der Waals surface area contributed by atoms with Gasteiger partial charge in [-0.3, -0.25) is 14.4 Å². The SMILES string of the molecule is O=C(c1nn(Cc2ccccc2)c2c1CN(Cc1cccc(O)c1)CC2)N1CCCC1. The van der Waals surface area contributed by atoms with E-state index in [2.05, 4.69) is 17.0 Å². The first-order chi connectivity index (χ1) is 15.2. The van der Waals surface area contributed by atoms with E-state index in [-0.39, 0.29) is 11.7 Å². The average molecular weight is 417 g/mol. The van der Waals surface area contributed by atoms with E-state index in [9.17, 15) is 9.90 Å². The third kappa shape index (κ3) is 4.21. The molecule has 1 fully saturated rings. The molecule has 31 heavy (non-hydrogen) atoms. The van der Waals surface area contributed by atoms with E-state index in [1.54, 1.807) is 6.07 Å². The Morgan fingerprint density at radius 2 is 1.71 bits per heavy atom. The maximum Gasteiger partial charge on any atom is 0.274 e. The van der Waals surface area contributed by atoms with Crippen LogP contribution in [-0.2, 0) is 26.1 Å². The maximum absolute atomic E-state index is 13.3. The number of amides is 1.